The number of nitriles is 1. The largest absolute Gasteiger partial charge is 0.482 e. The molecule has 0 aliphatic carbocycles. The van der Waals surface area contributed by atoms with E-state index in [2.05, 4.69) is 0 Å². The zero-order chi connectivity index (χ0) is 13.8. The van der Waals surface area contributed by atoms with Crippen LogP contribution in [0.25, 0.3) is 0 Å². The van der Waals surface area contributed by atoms with Crippen LogP contribution in [-0.2, 0) is 4.79 Å². The number of amides is 1. The minimum absolute atomic E-state index is 0.0263. The predicted molar refractivity (Wildman–Crippen MR) is 69.1 cm³/mol. The van der Waals surface area contributed by atoms with Crippen LogP contribution in [0.2, 0.25) is 0 Å². The summed E-state index contributed by atoms with van der Waals surface area (Å²) in [7, 11) is 0. The van der Waals surface area contributed by atoms with E-state index in [1.807, 2.05) is 13.0 Å². The van der Waals surface area contributed by atoms with E-state index in [0.717, 1.165) is 6.42 Å². The first kappa shape index (κ1) is 13.1. The standard InChI is InChI=1S/C14H14N2O3/c1-2-7-16-11-8-10(12(17)5-6-15)3-4-13(11)19-9-14(16)18/h3-4,8H,2,5,7,9H2,1H3. The maximum Gasteiger partial charge on any atom is 0.265 e. The van der Waals surface area contributed by atoms with Crippen molar-refractivity contribution in [1.29, 1.82) is 5.26 Å². The molecule has 0 aromatic heterocycles. The lowest BCUT2D eigenvalue weighted by molar-refractivity contribution is -0.121. The third-order valence-electron chi connectivity index (χ3n) is 2.91. The molecule has 0 saturated heterocycles. The van der Waals surface area contributed by atoms with Gasteiger partial charge in [0.05, 0.1) is 18.2 Å². The molecule has 5 heteroatoms. The summed E-state index contributed by atoms with van der Waals surface area (Å²) in [6.07, 6.45) is 0.656. The van der Waals surface area contributed by atoms with Gasteiger partial charge in [-0.05, 0) is 24.6 Å². The number of hydrogen-bond donors (Lipinski definition) is 0. The minimum Gasteiger partial charge on any atom is -0.482 e. The maximum atomic E-state index is 11.8. The fourth-order valence-electron chi connectivity index (χ4n) is 2.02. The summed E-state index contributed by atoms with van der Waals surface area (Å²) in [5.74, 6) is 0.237. The molecule has 1 aromatic rings. The van der Waals surface area contributed by atoms with Gasteiger partial charge in [0.1, 0.15) is 5.75 Å². The molecule has 1 aromatic carbocycles. The monoisotopic (exact) mass is 258 g/mol. The molecule has 1 amide bonds. The van der Waals surface area contributed by atoms with Crippen molar-refractivity contribution in [2.75, 3.05) is 18.1 Å². The van der Waals surface area contributed by atoms with Gasteiger partial charge in [0, 0.05) is 12.1 Å². The summed E-state index contributed by atoms with van der Waals surface area (Å²) in [5, 5.41) is 8.55. The number of ether oxygens (including phenoxy) is 1. The lowest BCUT2D eigenvalue weighted by Crippen LogP contribution is -2.39. The van der Waals surface area contributed by atoms with Gasteiger partial charge >= 0.3 is 0 Å². The minimum atomic E-state index is -0.250. The third kappa shape index (κ3) is 2.58. The Labute approximate surface area is 111 Å². The summed E-state index contributed by atoms with van der Waals surface area (Å²) >= 11 is 0. The maximum absolute atomic E-state index is 11.8. The number of anilines is 1. The molecule has 98 valence electrons. The Morgan fingerprint density at radius 3 is 3.00 bits per heavy atom. The molecule has 0 saturated carbocycles. The molecule has 0 N–H and O–H groups in total. The number of benzene rings is 1. The van der Waals surface area contributed by atoms with Crippen LogP contribution in [0.15, 0.2) is 18.2 Å². The summed E-state index contributed by atoms with van der Waals surface area (Å²) < 4.78 is 5.34. The van der Waals surface area contributed by atoms with Gasteiger partial charge in [0.2, 0.25) is 0 Å². The Morgan fingerprint density at radius 2 is 2.32 bits per heavy atom. The number of nitrogens with zero attached hydrogens (tertiary/aromatic N) is 2. The summed E-state index contributed by atoms with van der Waals surface area (Å²) in [4.78, 5) is 25.2. The van der Waals surface area contributed by atoms with Crippen molar-refractivity contribution >= 4 is 17.4 Å². The van der Waals surface area contributed by atoms with E-state index in [-0.39, 0.29) is 24.7 Å². The van der Waals surface area contributed by atoms with E-state index >= 15 is 0 Å². The average Bonchev–Trinajstić information content (AvgIpc) is 2.42. The number of ketones is 1. The second kappa shape index (κ2) is 5.53. The van der Waals surface area contributed by atoms with E-state index in [4.69, 9.17) is 10.00 Å². The van der Waals surface area contributed by atoms with Crippen LogP contribution < -0.4 is 9.64 Å². The van der Waals surface area contributed by atoms with Crippen LogP contribution in [0, 0.1) is 11.3 Å². The molecule has 0 bridgehead atoms. The summed E-state index contributed by atoms with van der Waals surface area (Å²) in [5.41, 5.74) is 1.04. The molecule has 1 aliphatic rings. The van der Waals surface area contributed by atoms with Gasteiger partial charge in [0.25, 0.3) is 5.91 Å². The Balaban J connectivity index is 2.38. The molecule has 19 heavy (non-hydrogen) atoms. The van der Waals surface area contributed by atoms with Crippen LogP contribution in [0.5, 0.6) is 5.75 Å². The van der Waals surface area contributed by atoms with Crippen LogP contribution in [-0.4, -0.2) is 24.8 Å². The highest BCUT2D eigenvalue weighted by Gasteiger charge is 2.25. The van der Waals surface area contributed by atoms with Gasteiger partial charge in [-0.25, -0.2) is 0 Å². The second-order valence-electron chi connectivity index (χ2n) is 4.27. The Morgan fingerprint density at radius 1 is 1.53 bits per heavy atom. The van der Waals surface area contributed by atoms with Gasteiger partial charge in [-0.1, -0.05) is 6.92 Å². The lowest BCUT2D eigenvalue weighted by Gasteiger charge is -2.29. The first-order valence-corrected chi connectivity index (χ1v) is 6.14. The fourth-order valence-corrected chi connectivity index (χ4v) is 2.02. The van der Waals surface area contributed by atoms with Gasteiger partial charge in [-0.2, -0.15) is 5.26 Å². The van der Waals surface area contributed by atoms with Crippen molar-refractivity contribution in [1.82, 2.24) is 0 Å². The van der Waals surface area contributed by atoms with Gasteiger partial charge in [0.15, 0.2) is 12.4 Å². The van der Waals surface area contributed by atoms with E-state index in [1.54, 1.807) is 23.1 Å². The molecular weight excluding hydrogens is 244 g/mol. The normalized spacial score (nSPS) is 13.5. The number of carbonyl (C=O) groups excluding carboxylic acids is 2. The van der Waals surface area contributed by atoms with E-state index < -0.39 is 0 Å². The molecule has 1 aliphatic heterocycles. The Hall–Kier alpha value is -2.35. The molecule has 0 unspecified atom stereocenters. The first-order valence-electron chi connectivity index (χ1n) is 6.14. The number of rotatable bonds is 4. The van der Waals surface area contributed by atoms with Crippen LogP contribution >= 0.6 is 0 Å². The number of Topliss-reactive ketones (excluding diaryl/α,β-unsaturated/α-hetero) is 1. The number of fused-ring (bicyclic) bond motifs is 1. The number of carbonyl (C=O) groups is 2. The van der Waals surface area contributed by atoms with Gasteiger partial charge in [-0.15, -0.1) is 0 Å². The SMILES string of the molecule is CCCN1C(=O)COc2ccc(C(=O)CC#N)cc21. The molecule has 1 heterocycles. The van der Waals surface area contributed by atoms with Crippen molar-refractivity contribution in [2.45, 2.75) is 19.8 Å². The topological polar surface area (TPSA) is 70.4 Å². The van der Waals surface area contributed by atoms with Crippen LogP contribution in [0.3, 0.4) is 0 Å². The smallest absolute Gasteiger partial charge is 0.265 e. The van der Waals surface area contributed by atoms with E-state index in [0.29, 0.717) is 23.5 Å². The van der Waals surface area contributed by atoms with Crippen molar-refractivity contribution in [3.63, 3.8) is 0 Å². The third-order valence-corrected chi connectivity index (χ3v) is 2.91. The van der Waals surface area contributed by atoms with Gasteiger partial charge < -0.3 is 9.64 Å². The van der Waals surface area contributed by atoms with E-state index in [1.165, 1.54) is 0 Å². The average molecular weight is 258 g/mol. The predicted octanol–water partition coefficient (Wildman–Crippen LogP) is 1.92. The van der Waals surface area contributed by atoms with Crippen molar-refractivity contribution in [2.24, 2.45) is 0 Å². The molecular formula is C14H14N2O3. The lowest BCUT2D eigenvalue weighted by atomic mass is 10.1. The van der Waals surface area contributed by atoms with Crippen molar-refractivity contribution < 1.29 is 14.3 Å². The Bertz CT molecular complexity index is 560. The summed E-state index contributed by atoms with van der Waals surface area (Å²) in [6.45, 7) is 2.59. The molecule has 0 atom stereocenters. The van der Waals surface area contributed by atoms with Crippen molar-refractivity contribution in [3.05, 3.63) is 23.8 Å². The summed E-state index contributed by atoms with van der Waals surface area (Å²) in [6, 6.07) is 6.76. The molecule has 2 rings (SSSR count). The van der Waals surface area contributed by atoms with Crippen LogP contribution in [0.1, 0.15) is 30.1 Å². The van der Waals surface area contributed by atoms with Crippen LogP contribution in [0.4, 0.5) is 5.69 Å². The second-order valence-corrected chi connectivity index (χ2v) is 4.27. The highest BCUT2D eigenvalue weighted by molar-refractivity contribution is 6.02. The zero-order valence-corrected chi connectivity index (χ0v) is 10.7. The highest BCUT2D eigenvalue weighted by atomic mass is 16.5. The number of hydrogen-bond acceptors (Lipinski definition) is 4. The van der Waals surface area contributed by atoms with E-state index in [9.17, 15) is 9.59 Å². The molecule has 5 nitrogen and oxygen atoms in total. The quantitative estimate of drug-likeness (QED) is 0.773. The fraction of sp³-hybridized carbons (Fsp3) is 0.357. The molecule has 0 spiro atoms. The zero-order valence-electron chi connectivity index (χ0n) is 10.7. The first-order chi connectivity index (χ1) is 9.17. The van der Waals surface area contributed by atoms with Gasteiger partial charge in [-0.3, -0.25) is 9.59 Å². The molecule has 0 fully saturated rings. The van der Waals surface area contributed by atoms with Crippen molar-refractivity contribution in [3.8, 4) is 11.8 Å². The molecule has 0 radical (unpaired) electrons. The Kier molecular flexibility index (Phi) is 3.81. The highest BCUT2D eigenvalue weighted by Crippen LogP contribution is 2.33.